The third-order valence-electron chi connectivity index (χ3n) is 1.10. The van der Waals surface area contributed by atoms with E-state index in [-0.39, 0.29) is 0 Å². The van der Waals surface area contributed by atoms with E-state index in [1.807, 2.05) is 0 Å². The number of rotatable bonds is 3. The van der Waals surface area contributed by atoms with Crippen molar-refractivity contribution in [3.63, 3.8) is 0 Å². The number of aromatic nitrogens is 1. The van der Waals surface area contributed by atoms with Crippen LogP contribution in [0.15, 0.2) is 5.38 Å². The summed E-state index contributed by atoms with van der Waals surface area (Å²) in [5.74, 6) is 0.706. The van der Waals surface area contributed by atoms with Gasteiger partial charge in [-0.2, -0.15) is 4.37 Å². The van der Waals surface area contributed by atoms with Crippen molar-refractivity contribution >= 4 is 17.8 Å². The fourth-order valence-electron chi connectivity index (χ4n) is 0.634. The van der Waals surface area contributed by atoms with E-state index in [4.69, 9.17) is 4.74 Å². The Labute approximate surface area is 62.8 Å². The van der Waals surface area contributed by atoms with E-state index in [0.717, 1.165) is 12.0 Å². The van der Waals surface area contributed by atoms with Crippen molar-refractivity contribution in [2.24, 2.45) is 0 Å². The molecule has 0 saturated carbocycles. The zero-order valence-corrected chi connectivity index (χ0v) is 6.35. The number of hydrogen-bond acceptors (Lipinski definition) is 4. The number of carbonyl (C=O) groups is 1. The van der Waals surface area contributed by atoms with Crippen molar-refractivity contribution in [2.75, 3.05) is 7.11 Å². The molecule has 0 unspecified atom stereocenters. The Balaban J connectivity index is 2.79. The van der Waals surface area contributed by atoms with Crippen LogP contribution >= 0.6 is 11.5 Å². The first kappa shape index (κ1) is 7.21. The summed E-state index contributed by atoms with van der Waals surface area (Å²) in [7, 11) is 1.57. The predicted octanol–water partition coefficient (Wildman–Crippen LogP) is 0.893. The van der Waals surface area contributed by atoms with Crippen molar-refractivity contribution in [2.45, 2.75) is 6.42 Å². The van der Waals surface area contributed by atoms with Gasteiger partial charge in [-0.25, -0.2) is 0 Å². The lowest BCUT2D eigenvalue weighted by Crippen LogP contribution is -1.89. The molecule has 0 fully saturated rings. The smallest absolute Gasteiger partial charge is 0.153 e. The molecule has 0 N–H and O–H groups in total. The lowest BCUT2D eigenvalue weighted by Gasteiger charge is -1.94. The normalized spacial score (nSPS) is 9.30. The average molecular weight is 157 g/mol. The first-order valence-corrected chi connectivity index (χ1v) is 3.63. The van der Waals surface area contributed by atoms with Crippen LogP contribution in [0.1, 0.15) is 5.69 Å². The van der Waals surface area contributed by atoms with E-state index in [9.17, 15) is 4.79 Å². The van der Waals surface area contributed by atoms with Gasteiger partial charge >= 0.3 is 0 Å². The van der Waals surface area contributed by atoms with Gasteiger partial charge in [-0.05, 0) is 11.5 Å². The Kier molecular flexibility index (Phi) is 2.39. The van der Waals surface area contributed by atoms with Gasteiger partial charge in [0.1, 0.15) is 12.0 Å². The molecule has 1 heterocycles. The molecular formula is C6H7NO2S. The minimum Gasteiger partial charge on any atom is -0.494 e. The molecule has 0 aliphatic carbocycles. The zero-order valence-electron chi connectivity index (χ0n) is 5.53. The highest BCUT2D eigenvalue weighted by Crippen LogP contribution is 2.18. The third-order valence-corrected chi connectivity index (χ3v) is 1.75. The van der Waals surface area contributed by atoms with Crippen LogP contribution in [0, 0.1) is 0 Å². The quantitative estimate of drug-likeness (QED) is 0.612. The molecule has 1 aromatic rings. The van der Waals surface area contributed by atoms with Crippen LogP contribution in [0.4, 0.5) is 0 Å². The van der Waals surface area contributed by atoms with Crippen molar-refractivity contribution in [3.05, 3.63) is 11.1 Å². The first-order valence-electron chi connectivity index (χ1n) is 2.79. The van der Waals surface area contributed by atoms with Gasteiger partial charge in [-0.1, -0.05) is 0 Å². The van der Waals surface area contributed by atoms with Gasteiger partial charge in [-0.3, -0.25) is 0 Å². The maximum absolute atomic E-state index is 10.0. The molecule has 1 aromatic heterocycles. The lowest BCUT2D eigenvalue weighted by molar-refractivity contribution is -0.107. The molecule has 0 saturated heterocycles. The van der Waals surface area contributed by atoms with Crippen LogP contribution < -0.4 is 4.74 Å². The molecule has 0 spiro atoms. The van der Waals surface area contributed by atoms with E-state index in [0.29, 0.717) is 12.2 Å². The van der Waals surface area contributed by atoms with Crippen LogP contribution in [0.2, 0.25) is 0 Å². The second-order valence-corrected chi connectivity index (χ2v) is 2.33. The Morgan fingerprint density at radius 2 is 2.70 bits per heavy atom. The van der Waals surface area contributed by atoms with Crippen molar-refractivity contribution < 1.29 is 9.53 Å². The maximum atomic E-state index is 10.0. The Morgan fingerprint density at radius 1 is 1.90 bits per heavy atom. The average Bonchev–Trinajstić information content (AvgIpc) is 2.36. The number of hydrogen-bond donors (Lipinski definition) is 0. The molecule has 0 aliphatic heterocycles. The number of methoxy groups -OCH3 is 1. The van der Waals surface area contributed by atoms with Gasteiger partial charge < -0.3 is 9.53 Å². The van der Waals surface area contributed by atoms with Crippen LogP contribution in [0.25, 0.3) is 0 Å². The second kappa shape index (κ2) is 3.31. The van der Waals surface area contributed by atoms with Crippen LogP contribution in [-0.4, -0.2) is 17.8 Å². The Morgan fingerprint density at radius 3 is 3.30 bits per heavy atom. The monoisotopic (exact) mass is 157 g/mol. The summed E-state index contributed by atoms with van der Waals surface area (Å²) < 4.78 is 8.89. The van der Waals surface area contributed by atoms with Crippen LogP contribution in [0.3, 0.4) is 0 Å². The SMILES string of the molecule is COc1csnc1CC=O. The number of aldehydes is 1. The highest BCUT2D eigenvalue weighted by Gasteiger charge is 2.03. The van der Waals surface area contributed by atoms with Gasteiger partial charge in [0, 0.05) is 0 Å². The summed E-state index contributed by atoms with van der Waals surface area (Å²) in [5, 5.41) is 1.78. The van der Waals surface area contributed by atoms with E-state index in [1.54, 1.807) is 12.5 Å². The van der Waals surface area contributed by atoms with Crippen LogP contribution in [-0.2, 0) is 11.2 Å². The van der Waals surface area contributed by atoms with E-state index in [2.05, 4.69) is 4.37 Å². The van der Waals surface area contributed by atoms with Crippen molar-refractivity contribution in [1.29, 1.82) is 0 Å². The molecule has 1 rings (SSSR count). The molecule has 0 radical (unpaired) electrons. The zero-order chi connectivity index (χ0) is 7.40. The molecule has 3 nitrogen and oxygen atoms in total. The summed E-state index contributed by atoms with van der Waals surface area (Å²) in [6, 6.07) is 0. The number of nitrogens with zero attached hydrogens (tertiary/aromatic N) is 1. The van der Waals surface area contributed by atoms with Gasteiger partial charge in [0.25, 0.3) is 0 Å². The van der Waals surface area contributed by atoms with Crippen LogP contribution in [0.5, 0.6) is 5.75 Å². The highest BCUT2D eigenvalue weighted by atomic mass is 32.1. The molecular weight excluding hydrogens is 150 g/mol. The summed E-state index contributed by atoms with van der Waals surface area (Å²) in [5.41, 5.74) is 0.725. The predicted molar refractivity (Wildman–Crippen MR) is 38.4 cm³/mol. The summed E-state index contributed by atoms with van der Waals surface area (Å²) >= 11 is 1.30. The van der Waals surface area contributed by atoms with Gasteiger partial charge in [0.15, 0.2) is 5.75 Å². The molecule has 54 valence electrons. The Bertz CT molecular complexity index is 221. The van der Waals surface area contributed by atoms with Crippen molar-refractivity contribution in [1.82, 2.24) is 4.37 Å². The molecule has 0 aliphatic rings. The minimum absolute atomic E-state index is 0.340. The van der Waals surface area contributed by atoms with Crippen molar-refractivity contribution in [3.8, 4) is 5.75 Å². The molecule has 0 atom stereocenters. The summed E-state index contributed by atoms with van der Waals surface area (Å²) in [6.45, 7) is 0. The van der Waals surface area contributed by atoms with Gasteiger partial charge in [0.05, 0.1) is 18.9 Å². The summed E-state index contributed by atoms with van der Waals surface area (Å²) in [6.07, 6.45) is 1.16. The number of carbonyl (C=O) groups excluding carboxylic acids is 1. The molecule has 0 amide bonds. The van der Waals surface area contributed by atoms with E-state index < -0.39 is 0 Å². The van der Waals surface area contributed by atoms with E-state index >= 15 is 0 Å². The number of ether oxygens (including phenoxy) is 1. The second-order valence-electron chi connectivity index (χ2n) is 1.70. The lowest BCUT2D eigenvalue weighted by atomic mass is 10.3. The standard InChI is InChI=1S/C6H7NO2S/c1-9-6-4-10-7-5(6)2-3-8/h3-4H,2H2,1H3. The highest BCUT2D eigenvalue weighted by molar-refractivity contribution is 7.03. The Hall–Kier alpha value is -0.900. The fourth-order valence-corrected chi connectivity index (χ4v) is 1.31. The largest absolute Gasteiger partial charge is 0.494 e. The molecule has 4 heteroatoms. The third kappa shape index (κ3) is 1.33. The van der Waals surface area contributed by atoms with Gasteiger partial charge in [0.2, 0.25) is 0 Å². The molecule has 10 heavy (non-hydrogen) atoms. The van der Waals surface area contributed by atoms with E-state index in [1.165, 1.54) is 11.5 Å². The van der Waals surface area contributed by atoms with Gasteiger partial charge in [-0.15, -0.1) is 0 Å². The maximum Gasteiger partial charge on any atom is 0.153 e. The fraction of sp³-hybridized carbons (Fsp3) is 0.333. The summed E-state index contributed by atoms with van der Waals surface area (Å²) in [4.78, 5) is 10.0. The first-order chi connectivity index (χ1) is 4.88. The topological polar surface area (TPSA) is 39.2 Å². The molecule has 0 aromatic carbocycles. The minimum atomic E-state index is 0.340. The molecule has 0 bridgehead atoms.